The summed E-state index contributed by atoms with van der Waals surface area (Å²) < 4.78 is 0. The van der Waals surface area contributed by atoms with E-state index in [1.807, 2.05) is 0 Å². The number of nitrogens with two attached hydrogens (primary N) is 1. The van der Waals surface area contributed by atoms with Crippen LogP contribution in [0.2, 0.25) is 0 Å². The second-order valence-corrected chi connectivity index (χ2v) is 6.36. The van der Waals surface area contributed by atoms with Crippen LogP contribution >= 0.6 is 0 Å². The molecule has 1 rings (SSSR count). The maximum Gasteiger partial charge on any atom is 0.225 e. The third-order valence-electron chi connectivity index (χ3n) is 4.44. The Labute approximate surface area is 125 Å². The van der Waals surface area contributed by atoms with Crippen molar-refractivity contribution in [2.45, 2.75) is 84.1 Å². The summed E-state index contributed by atoms with van der Waals surface area (Å²) in [6.45, 7) is 6.32. The molecule has 0 aromatic carbocycles. The molecule has 1 aliphatic carbocycles. The Bertz CT molecular complexity index is 258. The predicted molar refractivity (Wildman–Crippen MR) is 85.6 cm³/mol. The highest BCUT2D eigenvalue weighted by Gasteiger charge is 2.28. The van der Waals surface area contributed by atoms with E-state index in [9.17, 15) is 4.79 Å². The fraction of sp³-hybridized carbons (Fsp3) is 0.941. The minimum Gasteiger partial charge on any atom is -0.342 e. The first kappa shape index (κ1) is 17.5. The second-order valence-electron chi connectivity index (χ2n) is 6.36. The van der Waals surface area contributed by atoms with E-state index in [1.165, 1.54) is 25.7 Å². The largest absolute Gasteiger partial charge is 0.342 e. The molecular weight excluding hydrogens is 248 g/mol. The Morgan fingerprint density at radius 2 is 1.65 bits per heavy atom. The lowest BCUT2D eigenvalue weighted by Crippen LogP contribution is -2.41. The van der Waals surface area contributed by atoms with E-state index in [0.717, 1.165) is 51.6 Å². The van der Waals surface area contributed by atoms with Gasteiger partial charge in [0.2, 0.25) is 5.91 Å². The Morgan fingerprint density at radius 3 is 2.15 bits per heavy atom. The molecule has 0 aromatic heterocycles. The van der Waals surface area contributed by atoms with Crippen molar-refractivity contribution in [2.75, 3.05) is 13.1 Å². The van der Waals surface area contributed by atoms with Gasteiger partial charge < -0.3 is 10.6 Å². The van der Waals surface area contributed by atoms with E-state index >= 15 is 0 Å². The summed E-state index contributed by atoms with van der Waals surface area (Å²) >= 11 is 0. The number of hydrogen-bond donors (Lipinski definition) is 1. The highest BCUT2D eigenvalue weighted by atomic mass is 16.2. The van der Waals surface area contributed by atoms with Gasteiger partial charge in [-0.05, 0) is 32.1 Å². The van der Waals surface area contributed by atoms with E-state index in [1.54, 1.807) is 0 Å². The van der Waals surface area contributed by atoms with Crippen molar-refractivity contribution in [2.24, 2.45) is 11.7 Å². The van der Waals surface area contributed by atoms with Crippen LogP contribution in [-0.2, 0) is 4.79 Å². The normalized spacial score (nSPS) is 22.8. The zero-order valence-corrected chi connectivity index (χ0v) is 13.6. The van der Waals surface area contributed by atoms with Crippen LogP contribution < -0.4 is 5.73 Å². The van der Waals surface area contributed by atoms with Crippen LogP contribution in [0.1, 0.15) is 78.1 Å². The Balaban J connectivity index is 2.47. The van der Waals surface area contributed by atoms with Crippen molar-refractivity contribution in [3.05, 3.63) is 0 Å². The minimum absolute atomic E-state index is 0.196. The summed E-state index contributed by atoms with van der Waals surface area (Å²) in [4.78, 5) is 14.8. The Morgan fingerprint density at radius 1 is 1.05 bits per heavy atom. The lowest BCUT2D eigenvalue weighted by molar-refractivity contribution is -0.137. The van der Waals surface area contributed by atoms with Crippen molar-refractivity contribution in [1.29, 1.82) is 0 Å². The molecule has 1 aliphatic rings. The molecule has 0 saturated heterocycles. The second kappa shape index (κ2) is 10.2. The maximum atomic E-state index is 12.7. The molecule has 1 fully saturated rings. The number of amides is 1. The molecular formula is C17H34N2O. The third kappa shape index (κ3) is 6.25. The molecule has 0 radical (unpaired) electrons. The van der Waals surface area contributed by atoms with E-state index in [2.05, 4.69) is 18.7 Å². The van der Waals surface area contributed by atoms with E-state index < -0.39 is 0 Å². The number of carbonyl (C=O) groups excluding carboxylic acids is 1. The summed E-state index contributed by atoms with van der Waals surface area (Å²) in [7, 11) is 0. The summed E-state index contributed by atoms with van der Waals surface area (Å²) in [6.07, 6.45) is 11.3. The first-order valence-corrected chi connectivity index (χ1v) is 8.73. The van der Waals surface area contributed by atoms with Gasteiger partial charge in [0.1, 0.15) is 0 Å². The number of rotatable bonds is 9. The standard InChI is InChI=1S/C17H34N2O/c1-3-5-7-12-19(13-8-6-4-2)17(20)15-10-9-11-16(18)14-15/h15-16H,3-14,18H2,1-2H3. The van der Waals surface area contributed by atoms with Gasteiger partial charge in [0.05, 0.1) is 0 Å². The molecule has 3 heteroatoms. The average molecular weight is 282 g/mol. The molecule has 0 heterocycles. The van der Waals surface area contributed by atoms with Gasteiger partial charge in [-0.15, -0.1) is 0 Å². The highest BCUT2D eigenvalue weighted by molar-refractivity contribution is 5.79. The van der Waals surface area contributed by atoms with Crippen molar-refractivity contribution in [1.82, 2.24) is 4.90 Å². The summed E-state index contributed by atoms with van der Waals surface area (Å²) in [5, 5.41) is 0. The lowest BCUT2D eigenvalue weighted by Gasteiger charge is -2.31. The van der Waals surface area contributed by atoms with E-state index in [-0.39, 0.29) is 12.0 Å². The van der Waals surface area contributed by atoms with Gasteiger partial charge in [0.25, 0.3) is 0 Å². The molecule has 0 bridgehead atoms. The first-order valence-electron chi connectivity index (χ1n) is 8.73. The van der Waals surface area contributed by atoms with Crippen molar-refractivity contribution in [3.63, 3.8) is 0 Å². The van der Waals surface area contributed by atoms with Crippen LogP contribution in [0.4, 0.5) is 0 Å². The molecule has 3 nitrogen and oxygen atoms in total. The van der Waals surface area contributed by atoms with Crippen LogP contribution in [0.15, 0.2) is 0 Å². The molecule has 2 N–H and O–H groups in total. The van der Waals surface area contributed by atoms with Gasteiger partial charge in [-0.1, -0.05) is 46.0 Å². The number of hydrogen-bond acceptors (Lipinski definition) is 2. The molecule has 2 atom stereocenters. The molecule has 118 valence electrons. The fourth-order valence-electron chi connectivity index (χ4n) is 3.15. The van der Waals surface area contributed by atoms with Gasteiger partial charge in [-0.25, -0.2) is 0 Å². The molecule has 1 saturated carbocycles. The quantitative estimate of drug-likeness (QED) is 0.655. The summed E-state index contributed by atoms with van der Waals surface area (Å²) in [6, 6.07) is 0.242. The van der Waals surface area contributed by atoms with Crippen molar-refractivity contribution >= 4 is 5.91 Å². The topological polar surface area (TPSA) is 46.3 Å². The molecule has 0 aliphatic heterocycles. The smallest absolute Gasteiger partial charge is 0.225 e. The highest BCUT2D eigenvalue weighted by Crippen LogP contribution is 2.25. The fourth-order valence-corrected chi connectivity index (χ4v) is 3.15. The zero-order chi connectivity index (χ0) is 14.8. The third-order valence-corrected chi connectivity index (χ3v) is 4.44. The van der Waals surface area contributed by atoms with Gasteiger partial charge >= 0.3 is 0 Å². The summed E-state index contributed by atoms with van der Waals surface area (Å²) in [5.41, 5.74) is 6.04. The van der Waals surface area contributed by atoms with Crippen LogP contribution in [0.3, 0.4) is 0 Å². The zero-order valence-electron chi connectivity index (χ0n) is 13.6. The van der Waals surface area contributed by atoms with Crippen LogP contribution in [-0.4, -0.2) is 29.9 Å². The molecule has 20 heavy (non-hydrogen) atoms. The number of unbranched alkanes of at least 4 members (excludes halogenated alkanes) is 4. The average Bonchev–Trinajstić information content (AvgIpc) is 2.45. The van der Waals surface area contributed by atoms with Crippen LogP contribution in [0.25, 0.3) is 0 Å². The van der Waals surface area contributed by atoms with E-state index in [0.29, 0.717) is 5.91 Å². The first-order chi connectivity index (χ1) is 9.69. The molecule has 1 amide bonds. The predicted octanol–water partition coefficient (Wildman–Crippen LogP) is 3.71. The van der Waals surface area contributed by atoms with Gasteiger partial charge in [0, 0.05) is 25.0 Å². The van der Waals surface area contributed by atoms with Crippen LogP contribution in [0.5, 0.6) is 0 Å². The van der Waals surface area contributed by atoms with Gasteiger partial charge in [-0.3, -0.25) is 4.79 Å². The number of carbonyl (C=O) groups is 1. The number of nitrogens with zero attached hydrogens (tertiary/aromatic N) is 1. The monoisotopic (exact) mass is 282 g/mol. The van der Waals surface area contributed by atoms with Gasteiger partial charge in [0.15, 0.2) is 0 Å². The van der Waals surface area contributed by atoms with Crippen molar-refractivity contribution < 1.29 is 4.79 Å². The SMILES string of the molecule is CCCCCN(CCCCC)C(=O)C1CCCC(N)C1. The Kier molecular flexibility index (Phi) is 8.92. The minimum atomic E-state index is 0.196. The molecule has 0 spiro atoms. The summed E-state index contributed by atoms with van der Waals surface area (Å²) in [5.74, 6) is 0.578. The van der Waals surface area contributed by atoms with E-state index in [4.69, 9.17) is 5.73 Å². The molecule has 2 unspecified atom stereocenters. The maximum absolute atomic E-state index is 12.7. The van der Waals surface area contributed by atoms with Crippen molar-refractivity contribution in [3.8, 4) is 0 Å². The lowest BCUT2D eigenvalue weighted by atomic mass is 9.85. The molecule has 0 aromatic rings. The van der Waals surface area contributed by atoms with Crippen LogP contribution in [0, 0.1) is 5.92 Å². The Hall–Kier alpha value is -0.570. The van der Waals surface area contributed by atoms with Gasteiger partial charge in [-0.2, -0.15) is 0 Å².